The normalized spacial score (nSPS) is 12.1. The van der Waals surface area contributed by atoms with E-state index in [2.05, 4.69) is 60.1 Å². The maximum atomic E-state index is 5.32. The molecule has 0 N–H and O–H groups in total. The number of methoxy groups -OCH3 is 1. The van der Waals surface area contributed by atoms with Crippen LogP contribution in [0.1, 0.15) is 12.5 Å². The van der Waals surface area contributed by atoms with Gasteiger partial charge < -0.3 is 4.74 Å². The van der Waals surface area contributed by atoms with Crippen molar-refractivity contribution >= 4 is 33.1 Å². The predicted molar refractivity (Wildman–Crippen MR) is 118 cm³/mol. The molecule has 0 saturated heterocycles. The van der Waals surface area contributed by atoms with Crippen molar-refractivity contribution in [3.05, 3.63) is 97.4 Å². The van der Waals surface area contributed by atoms with E-state index in [1.165, 1.54) is 5.39 Å². The Balaban J connectivity index is 1.76. The molecule has 0 amide bonds. The first kappa shape index (κ1) is 17.8. The van der Waals surface area contributed by atoms with Crippen LogP contribution in [-0.2, 0) is 0 Å². The van der Waals surface area contributed by atoms with E-state index in [1.54, 1.807) is 7.11 Å². The minimum absolute atomic E-state index is 0.866. The zero-order valence-corrected chi connectivity index (χ0v) is 16.1. The molecule has 3 heteroatoms. The van der Waals surface area contributed by atoms with Gasteiger partial charge in [-0.2, -0.15) is 0 Å². The molecule has 0 aliphatic rings. The summed E-state index contributed by atoms with van der Waals surface area (Å²) in [5, 5.41) is 2.33. The molecular weight excluding hydrogens is 344 g/mol. The molecule has 3 nitrogen and oxygen atoms in total. The first-order chi connectivity index (χ1) is 13.7. The number of hydrogen-bond donors (Lipinski definition) is 0. The Kier molecular flexibility index (Phi) is 4.81. The van der Waals surface area contributed by atoms with Crippen LogP contribution in [0, 0.1) is 0 Å². The minimum Gasteiger partial charge on any atom is -0.497 e. The van der Waals surface area contributed by atoms with Gasteiger partial charge >= 0.3 is 0 Å². The molecule has 1 aromatic heterocycles. The average Bonchev–Trinajstić information content (AvgIpc) is 3.17. The molecule has 0 bridgehead atoms. The fourth-order valence-corrected chi connectivity index (χ4v) is 3.37. The molecule has 138 valence electrons. The predicted octanol–water partition coefficient (Wildman–Crippen LogP) is 6.33. The quantitative estimate of drug-likeness (QED) is 0.386. The molecule has 4 rings (SSSR count). The van der Waals surface area contributed by atoms with Crippen molar-refractivity contribution in [3.63, 3.8) is 0 Å². The summed E-state index contributed by atoms with van der Waals surface area (Å²) in [6, 6.07) is 20.6. The van der Waals surface area contributed by atoms with Crippen LogP contribution in [0.4, 0.5) is 0 Å². The topological polar surface area (TPSA) is 27.1 Å². The van der Waals surface area contributed by atoms with Crippen molar-refractivity contribution in [1.82, 2.24) is 9.55 Å². The summed E-state index contributed by atoms with van der Waals surface area (Å²) in [4.78, 5) is 4.47. The van der Waals surface area contributed by atoms with Crippen LogP contribution in [-0.4, -0.2) is 16.7 Å². The van der Waals surface area contributed by atoms with Crippen molar-refractivity contribution in [1.29, 1.82) is 0 Å². The molecule has 0 unspecified atom stereocenters. The monoisotopic (exact) mass is 366 g/mol. The van der Waals surface area contributed by atoms with E-state index in [0.29, 0.717) is 0 Å². The molecular formula is C25H22N2O. The van der Waals surface area contributed by atoms with E-state index < -0.39 is 0 Å². The number of imidazole rings is 1. The van der Waals surface area contributed by atoms with Gasteiger partial charge in [-0.1, -0.05) is 49.1 Å². The Morgan fingerprint density at radius 2 is 1.82 bits per heavy atom. The minimum atomic E-state index is 0.866. The molecule has 0 fully saturated rings. The van der Waals surface area contributed by atoms with Crippen molar-refractivity contribution in [2.45, 2.75) is 6.92 Å². The Hall–Kier alpha value is -3.59. The van der Waals surface area contributed by atoms with Crippen molar-refractivity contribution in [2.75, 3.05) is 7.11 Å². The molecule has 0 aliphatic carbocycles. The lowest BCUT2D eigenvalue weighted by molar-refractivity contribution is 0.415. The molecule has 0 atom stereocenters. The zero-order chi connectivity index (χ0) is 19.5. The SMILES string of the molecule is C=C(C=C(C=CC)c1ccc2cc(OC)ccc2c1)n1cnc2ccccc21. The molecule has 0 aliphatic heterocycles. The van der Waals surface area contributed by atoms with Gasteiger partial charge in [0.05, 0.1) is 18.1 Å². The lowest BCUT2D eigenvalue weighted by Gasteiger charge is -2.09. The smallest absolute Gasteiger partial charge is 0.119 e. The number of benzene rings is 3. The Morgan fingerprint density at radius 1 is 1.04 bits per heavy atom. The fourth-order valence-electron chi connectivity index (χ4n) is 3.37. The summed E-state index contributed by atoms with van der Waals surface area (Å²) in [7, 11) is 1.69. The summed E-state index contributed by atoms with van der Waals surface area (Å²) in [6.07, 6.45) is 8.07. The number of nitrogens with zero attached hydrogens (tertiary/aromatic N) is 2. The Bertz CT molecular complexity index is 1230. The maximum absolute atomic E-state index is 5.32. The average molecular weight is 366 g/mol. The standard InChI is InChI=1S/C25H22N2O/c1-4-7-19(14-18(2)27-17-26-24-8-5-6-9-25(24)27)20-10-11-22-16-23(28-3)13-12-21(22)15-20/h4-17H,2H2,1,3H3. The fraction of sp³-hybridized carbons (Fsp3) is 0.0800. The van der Waals surface area contributed by atoms with E-state index in [-0.39, 0.29) is 0 Å². The number of allylic oxidation sites excluding steroid dienone is 5. The Morgan fingerprint density at radius 3 is 2.64 bits per heavy atom. The van der Waals surface area contributed by atoms with Crippen LogP contribution >= 0.6 is 0 Å². The van der Waals surface area contributed by atoms with Crippen LogP contribution in [0.5, 0.6) is 5.75 Å². The third kappa shape index (κ3) is 3.35. The van der Waals surface area contributed by atoms with Gasteiger partial charge in [0.25, 0.3) is 0 Å². The molecule has 0 saturated carbocycles. The lowest BCUT2D eigenvalue weighted by Crippen LogP contribution is -1.92. The summed E-state index contributed by atoms with van der Waals surface area (Å²) in [6.45, 7) is 6.30. The summed E-state index contributed by atoms with van der Waals surface area (Å²) in [5.41, 5.74) is 5.12. The summed E-state index contributed by atoms with van der Waals surface area (Å²) >= 11 is 0. The second kappa shape index (κ2) is 7.57. The summed E-state index contributed by atoms with van der Waals surface area (Å²) < 4.78 is 7.34. The highest BCUT2D eigenvalue weighted by Gasteiger charge is 2.06. The van der Waals surface area contributed by atoms with Gasteiger partial charge in [-0.15, -0.1) is 0 Å². The molecule has 28 heavy (non-hydrogen) atoms. The second-order valence-corrected chi connectivity index (χ2v) is 6.62. The van der Waals surface area contributed by atoms with Gasteiger partial charge in [-0.05, 0) is 65.2 Å². The van der Waals surface area contributed by atoms with E-state index >= 15 is 0 Å². The number of rotatable bonds is 5. The molecule has 1 heterocycles. The van der Waals surface area contributed by atoms with Gasteiger partial charge in [0.2, 0.25) is 0 Å². The first-order valence-corrected chi connectivity index (χ1v) is 9.23. The van der Waals surface area contributed by atoms with E-state index in [4.69, 9.17) is 4.74 Å². The van der Waals surface area contributed by atoms with Crippen LogP contribution in [0.15, 0.2) is 91.8 Å². The van der Waals surface area contributed by atoms with Gasteiger partial charge in [0.15, 0.2) is 0 Å². The number of para-hydroxylation sites is 2. The number of ether oxygens (including phenoxy) is 1. The van der Waals surface area contributed by atoms with Crippen LogP contribution < -0.4 is 4.74 Å². The number of fused-ring (bicyclic) bond motifs is 2. The van der Waals surface area contributed by atoms with Gasteiger partial charge in [0.1, 0.15) is 12.1 Å². The molecule has 0 spiro atoms. The first-order valence-electron chi connectivity index (χ1n) is 9.23. The number of hydrogen-bond acceptors (Lipinski definition) is 2. The highest BCUT2D eigenvalue weighted by atomic mass is 16.5. The van der Waals surface area contributed by atoms with E-state index in [1.807, 2.05) is 48.2 Å². The zero-order valence-electron chi connectivity index (χ0n) is 16.1. The van der Waals surface area contributed by atoms with Gasteiger partial charge in [-0.3, -0.25) is 4.57 Å². The van der Waals surface area contributed by atoms with Crippen molar-refractivity contribution in [3.8, 4) is 5.75 Å². The second-order valence-electron chi connectivity index (χ2n) is 6.62. The highest BCUT2D eigenvalue weighted by molar-refractivity contribution is 5.91. The van der Waals surface area contributed by atoms with Gasteiger partial charge in [0, 0.05) is 5.70 Å². The van der Waals surface area contributed by atoms with Crippen LogP contribution in [0.25, 0.3) is 33.1 Å². The largest absolute Gasteiger partial charge is 0.497 e. The highest BCUT2D eigenvalue weighted by Crippen LogP contribution is 2.27. The molecule has 4 aromatic rings. The third-order valence-corrected chi connectivity index (χ3v) is 4.81. The molecule has 0 radical (unpaired) electrons. The van der Waals surface area contributed by atoms with Gasteiger partial charge in [-0.25, -0.2) is 4.98 Å². The number of aromatic nitrogens is 2. The van der Waals surface area contributed by atoms with Crippen molar-refractivity contribution in [2.24, 2.45) is 0 Å². The molecule has 3 aromatic carbocycles. The third-order valence-electron chi connectivity index (χ3n) is 4.81. The van der Waals surface area contributed by atoms with Crippen LogP contribution in [0.2, 0.25) is 0 Å². The summed E-state index contributed by atoms with van der Waals surface area (Å²) in [5.74, 6) is 0.866. The van der Waals surface area contributed by atoms with Crippen LogP contribution in [0.3, 0.4) is 0 Å². The van der Waals surface area contributed by atoms with E-state index in [9.17, 15) is 0 Å². The Labute approximate surface area is 164 Å². The lowest BCUT2D eigenvalue weighted by atomic mass is 10.00. The van der Waals surface area contributed by atoms with Crippen molar-refractivity contribution < 1.29 is 4.74 Å². The maximum Gasteiger partial charge on any atom is 0.119 e. The van der Waals surface area contributed by atoms with E-state index in [0.717, 1.165) is 39.0 Å².